The highest BCUT2D eigenvalue weighted by Gasteiger charge is 2.03. The molecule has 90 valence electrons. The number of rotatable bonds is 7. The first-order valence-electron chi connectivity index (χ1n) is 5.47. The van der Waals surface area contributed by atoms with Crippen LogP contribution in [0.2, 0.25) is 0 Å². The zero-order chi connectivity index (χ0) is 12.0. The van der Waals surface area contributed by atoms with Gasteiger partial charge in [-0.25, -0.2) is 0 Å². The summed E-state index contributed by atoms with van der Waals surface area (Å²) in [5.41, 5.74) is 1.20. The van der Waals surface area contributed by atoms with Crippen LogP contribution in [0.4, 0.5) is 0 Å². The minimum atomic E-state index is -0.722. The number of aromatic nitrogens is 2. The summed E-state index contributed by atoms with van der Waals surface area (Å²) >= 11 is 0. The molecular weight excluding hydrogens is 206 g/mol. The summed E-state index contributed by atoms with van der Waals surface area (Å²) in [6, 6.07) is 2.01. The number of aliphatic carboxylic acids is 1. The van der Waals surface area contributed by atoms with Crippen molar-refractivity contribution >= 4 is 5.97 Å². The van der Waals surface area contributed by atoms with Gasteiger partial charge in [0.05, 0.1) is 0 Å². The van der Waals surface area contributed by atoms with Crippen molar-refractivity contribution in [2.75, 3.05) is 20.1 Å². The maximum absolute atomic E-state index is 10.3. The molecule has 0 unspecified atom stereocenters. The predicted molar refractivity (Wildman–Crippen MR) is 61.3 cm³/mol. The smallest absolute Gasteiger partial charge is 0.303 e. The van der Waals surface area contributed by atoms with Gasteiger partial charge in [0.2, 0.25) is 0 Å². The van der Waals surface area contributed by atoms with Crippen LogP contribution in [0.15, 0.2) is 12.3 Å². The molecule has 0 radical (unpaired) electrons. The molecule has 0 aliphatic heterocycles. The fourth-order valence-electron chi connectivity index (χ4n) is 1.56. The summed E-state index contributed by atoms with van der Waals surface area (Å²) in [4.78, 5) is 12.5. The number of hydrogen-bond donors (Lipinski definition) is 1. The van der Waals surface area contributed by atoms with E-state index in [9.17, 15) is 4.79 Å². The topological polar surface area (TPSA) is 58.4 Å². The first-order valence-corrected chi connectivity index (χ1v) is 5.47. The third-order valence-corrected chi connectivity index (χ3v) is 2.60. The molecule has 1 rings (SSSR count). The molecule has 1 heterocycles. The largest absolute Gasteiger partial charge is 0.481 e. The maximum atomic E-state index is 10.3. The first-order chi connectivity index (χ1) is 7.59. The van der Waals surface area contributed by atoms with E-state index in [0.717, 1.165) is 19.5 Å². The quantitative estimate of drug-likeness (QED) is 0.744. The highest BCUT2D eigenvalue weighted by molar-refractivity contribution is 5.66. The molecule has 5 nitrogen and oxygen atoms in total. The number of carboxylic acids is 1. The van der Waals surface area contributed by atoms with Crippen molar-refractivity contribution in [3.8, 4) is 0 Å². The van der Waals surface area contributed by atoms with Crippen molar-refractivity contribution < 1.29 is 9.90 Å². The molecule has 0 fully saturated rings. The number of carbonyl (C=O) groups is 1. The number of nitrogens with zero attached hydrogens (tertiary/aromatic N) is 3. The Hall–Kier alpha value is -1.36. The molecule has 1 aromatic rings. The van der Waals surface area contributed by atoms with E-state index in [2.05, 4.69) is 10.00 Å². The van der Waals surface area contributed by atoms with Gasteiger partial charge in [0, 0.05) is 38.3 Å². The molecule has 5 heteroatoms. The maximum Gasteiger partial charge on any atom is 0.303 e. The summed E-state index contributed by atoms with van der Waals surface area (Å²) in [5.74, 6) is -0.722. The molecule has 1 aromatic heterocycles. The Balaban J connectivity index is 2.17. The van der Waals surface area contributed by atoms with Crippen molar-refractivity contribution in [2.45, 2.75) is 19.3 Å². The molecule has 16 heavy (non-hydrogen) atoms. The highest BCUT2D eigenvalue weighted by Crippen LogP contribution is 2.00. The lowest BCUT2D eigenvalue weighted by atomic mass is 10.2. The molecule has 0 aliphatic rings. The molecule has 0 amide bonds. The normalized spacial score (nSPS) is 10.9. The van der Waals surface area contributed by atoms with Crippen molar-refractivity contribution in [1.82, 2.24) is 14.7 Å². The number of likely N-dealkylation sites (N-methyl/N-ethyl adjacent to an activating group) is 1. The standard InChI is InChI=1S/C11H19N3O2/c1-13(8-3-4-11(15)16)9-6-10-5-7-12-14(10)2/h5,7H,3-4,6,8-9H2,1-2H3,(H,15,16). The molecule has 0 bridgehead atoms. The van der Waals surface area contributed by atoms with Gasteiger partial charge in [0.1, 0.15) is 0 Å². The van der Waals surface area contributed by atoms with Gasteiger partial charge in [0.25, 0.3) is 0 Å². The summed E-state index contributed by atoms with van der Waals surface area (Å²) < 4.78 is 1.87. The average molecular weight is 225 g/mol. The minimum absolute atomic E-state index is 0.246. The van der Waals surface area contributed by atoms with Crippen LogP contribution in [0.25, 0.3) is 0 Å². The zero-order valence-corrected chi connectivity index (χ0v) is 9.89. The van der Waals surface area contributed by atoms with Gasteiger partial charge >= 0.3 is 5.97 Å². The van der Waals surface area contributed by atoms with E-state index in [1.54, 1.807) is 6.20 Å². The van der Waals surface area contributed by atoms with E-state index in [0.29, 0.717) is 6.42 Å². The van der Waals surface area contributed by atoms with E-state index in [1.165, 1.54) is 5.69 Å². The summed E-state index contributed by atoms with van der Waals surface area (Å²) in [6.07, 6.45) is 3.69. The van der Waals surface area contributed by atoms with Crippen LogP contribution in [-0.2, 0) is 18.3 Å². The van der Waals surface area contributed by atoms with E-state index >= 15 is 0 Å². The molecule has 0 atom stereocenters. The lowest BCUT2D eigenvalue weighted by molar-refractivity contribution is -0.137. The van der Waals surface area contributed by atoms with Crippen LogP contribution in [0.1, 0.15) is 18.5 Å². The van der Waals surface area contributed by atoms with Crippen LogP contribution in [-0.4, -0.2) is 45.9 Å². The van der Waals surface area contributed by atoms with Gasteiger partial charge in [-0.15, -0.1) is 0 Å². The number of hydrogen-bond acceptors (Lipinski definition) is 3. The van der Waals surface area contributed by atoms with E-state index in [-0.39, 0.29) is 6.42 Å². The van der Waals surface area contributed by atoms with Gasteiger partial charge in [-0.1, -0.05) is 0 Å². The fraction of sp³-hybridized carbons (Fsp3) is 0.636. The second-order valence-electron chi connectivity index (χ2n) is 4.00. The molecule has 0 saturated carbocycles. The van der Waals surface area contributed by atoms with E-state index < -0.39 is 5.97 Å². The van der Waals surface area contributed by atoms with E-state index in [1.807, 2.05) is 24.8 Å². The minimum Gasteiger partial charge on any atom is -0.481 e. The average Bonchev–Trinajstić information content (AvgIpc) is 2.60. The Morgan fingerprint density at radius 2 is 2.31 bits per heavy atom. The van der Waals surface area contributed by atoms with Crippen LogP contribution in [0.3, 0.4) is 0 Å². The van der Waals surface area contributed by atoms with Crippen molar-refractivity contribution in [2.24, 2.45) is 7.05 Å². The Labute approximate surface area is 95.7 Å². The summed E-state index contributed by atoms with van der Waals surface area (Å²) in [6.45, 7) is 1.75. The molecule has 0 spiro atoms. The van der Waals surface area contributed by atoms with Gasteiger partial charge in [-0.3, -0.25) is 9.48 Å². The summed E-state index contributed by atoms with van der Waals surface area (Å²) in [7, 11) is 3.94. The van der Waals surface area contributed by atoms with Crippen LogP contribution >= 0.6 is 0 Å². The van der Waals surface area contributed by atoms with Crippen LogP contribution in [0.5, 0.6) is 0 Å². The molecule has 0 aromatic carbocycles. The Kier molecular flexibility index (Phi) is 4.98. The van der Waals surface area contributed by atoms with E-state index in [4.69, 9.17) is 5.11 Å². The molecule has 0 aliphatic carbocycles. The Morgan fingerprint density at radius 1 is 1.56 bits per heavy atom. The number of aryl methyl sites for hydroxylation is 1. The molecule has 1 N–H and O–H groups in total. The second kappa shape index (κ2) is 6.27. The summed E-state index contributed by atoms with van der Waals surface area (Å²) in [5, 5.41) is 12.6. The van der Waals surface area contributed by atoms with Crippen molar-refractivity contribution in [3.63, 3.8) is 0 Å². The van der Waals surface area contributed by atoms with Gasteiger partial charge in [-0.2, -0.15) is 5.10 Å². The predicted octanol–water partition coefficient (Wildman–Crippen LogP) is 0.759. The second-order valence-corrected chi connectivity index (χ2v) is 4.00. The third-order valence-electron chi connectivity index (χ3n) is 2.60. The third kappa shape index (κ3) is 4.44. The van der Waals surface area contributed by atoms with Gasteiger partial charge in [-0.05, 0) is 26.1 Å². The van der Waals surface area contributed by atoms with Crippen molar-refractivity contribution in [1.29, 1.82) is 0 Å². The van der Waals surface area contributed by atoms with Crippen molar-refractivity contribution in [3.05, 3.63) is 18.0 Å². The molecular formula is C11H19N3O2. The Bertz CT molecular complexity index is 336. The van der Waals surface area contributed by atoms with Crippen LogP contribution in [0, 0.1) is 0 Å². The zero-order valence-electron chi connectivity index (χ0n) is 9.89. The van der Waals surface area contributed by atoms with Crippen LogP contribution < -0.4 is 0 Å². The number of carboxylic acid groups (broad SMARTS) is 1. The Morgan fingerprint density at radius 3 is 2.88 bits per heavy atom. The monoisotopic (exact) mass is 225 g/mol. The SMILES string of the molecule is CN(CCCC(=O)O)CCc1ccnn1C. The lowest BCUT2D eigenvalue weighted by Crippen LogP contribution is -2.23. The highest BCUT2D eigenvalue weighted by atomic mass is 16.4. The molecule has 0 saturated heterocycles. The van der Waals surface area contributed by atoms with Gasteiger partial charge < -0.3 is 10.0 Å². The first kappa shape index (κ1) is 12.7. The lowest BCUT2D eigenvalue weighted by Gasteiger charge is -2.15. The van der Waals surface area contributed by atoms with Gasteiger partial charge in [0.15, 0.2) is 0 Å². The fourth-order valence-corrected chi connectivity index (χ4v) is 1.56.